The molecule has 0 bridgehead atoms. The lowest BCUT2D eigenvalue weighted by Gasteiger charge is -2.06. The molecule has 8 heteroatoms. The molecule has 3 N–H and O–H groups in total. The Balaban J connectivity index is 2.70. The number of rotatable bonds is 5. The summed E-state index contributed by atoms with van der Waals surface area (Å²) >= 11 is 1.08. The lowest BCUT2D eigenvalue weighted by Crippen LogP contribution is -2.36. The highest BCUT2D eigenvalue weighted by atomic mass is 32.2. The highest BCUT2D eigenvalue weighted by Gasteiger charge is 2.20. The van der Waals surface area contributed by atoms with Gasteiger partial charge < -0.3 is 10.2 Å². The Morgan fingerprint density at radius 3 is 2.62 bits per heavy atom. The average molecular weight is 265 g/mol. The number of sulfonamides is 1. The van der Waals surface area contributed by atoms with Crippen LogP contribution in [0.15, 0.2) is 16.3 Å². The second-order valence-electron chi connectivity index (χ2n) is 3.07. The molecule has 0 radical (unpaired) electrons. The van der Waals surface area contributed by atoms with Crippen molar-refractivity contribution >= 4 is 27.3 Å². The molecule has 0 aromatic carbocycles. The quantitative estimate of drug-likeness (QED) is 0.683. The van der Waals surface area contributed by atoms with Crippen LogP contribution in [0.3, 0.4) is 0 Å². The van der Waals surface area contributed by atoms with E-state index in [0.717, 1.165) is 16.2 Å². The minimum atomic E-state index is -3.72. The molecule has 0 spiro atoms. The molecule has 0 saturated carbocycles. The van der Waals surface area contributed by atoms with Gasteiger partial charge in [0.05, 0.1) is 0 Å². The second-order valence-corrected chi connectivity index (χ2v) is 6.35. The zero-order valence-corrected chi connectivity index (χ0v) is 10.0. The van der Waals surface area contributed by atoms with E-state index in [9.17, 15) is 13.2 Å². The van der Waals surface area contributed by atoms with Crippen molar-refractivity contribution in [1.29, 1.82) is 0 Å². The molecule has 16 heavy (non-hydrogen) atoms. The van der Waals surface area contributed by atoms with Gasteiger partial charge in [0.25, 0.3) is 0 Å². The summed E-state index contributed by atoms with van der Waals surface area (Å²) in [4.78, 5) is 11.1. The Morgan fingerprint density at radius 2 is 2.19 bits per heavy atom. The van der Waals surface area contributed by atoms with E-state index in [4.69, 9.17) is 10.2 Å². The monoisotopic (exact) mass is 265 g/mol. The van der Waals surface area contributed by atoms with Crippen molar-refractivity contribution in [3.63, 3.8) is 0 Å². The van der Waals surface area contributed by atoms with Gasteiger partial charge in [-0.2, -0.15) is 0 Å². The van der Waals surface area contributed by atoms with Gasteiger partial charge in [0.2, 0.25) is 10.0 Å². The van der Waals surface area contributed by atoms with Gasteiger partial charge in [0.15, 0.2) is 6.10 Å². The van der Waals surface area contributed by atoms with Crippen LogP contribution < -0.4 is 4.72 Å². The molecule has 0 aliphatic heterocycles. The minimum Gasteiger partial charge on any atom is -0.479 e. The fourth-order valence-corrected chi connectivity index (χ4v) is 3.27. The summed E-state index contributed by atoms with van der Waals surface area (Å²) in [7, 11) is -3.72. The zero-order valence-electron chi connectivity index (χ0n) is 8.37. The molecule has 1 unspecified atom stereocenters. The molecule has 1 aromatic heterocycles. The molecule has 0 aliphatic rings. The maximum atomic E-state index is 11.6. The molecule has 1 atom stereocenters. The number of aliphatic carboxylic acids is 1. The third-order valence-electron chi connectivity index (χ3n) is 1.73. The normalized spacial score (nSPS) is 13.6. The summed E-state index contributed by atoms with van der Waals surface area (Å²) in [5, 5.41) is 17.3. The van der Waals surface area contributed by atoms with Crippen LogP contribution in [0.5, 0.6) is 0 Å². The molecule has 1 heterocycles. The Morgan fingerprint density at radius 1 is 1.56 bits per heavy atom. The summed E-state index contributed by atoms with van der Waals surface area (Å²) in [6.07, 6.45) is -1.74. The van der Waals surface area contributed by atoms with Crippen molar-refractivity contribution < 1.29 is 23.4 Å². The Kier molecular flexibility index (Phi) is 4.03. The number of aliphatic hydroxyl groups excluding tert-OH is 1. The van der Waals surface area contributed by atoms with E-state index in [1.54, 1.807) is 13.0 Å². The summed E-state index contributed by atoms with van der Waals surface area (Å²) in [5.41, 5.74) is 0. The van der Waals surface area contributed by atoms with Crippen molar-refractivity contribution in [2.45, 2.75) is 17.2 Å². The van der Waals surface area contributed by atoms with Gasteiger partial charge in [0, 0.05) is 11.4 Å². The second kappa shape index (κ2) is 4.91. The molecule has 1 aromatic rings. The topological polar surface area (TPSA) is 104 Å². The van der Waals surface area contributed by atoms with E-state index in [1.807, 2.05) is 4.72 Å². The molecule has 0 fully saturated rings. The molecular formula is C8H11NO5S2. The smallest absolute Gasteiger partial charge is 0.333 e. The SMILES string of the molecule is Cc1ccc(S(=O)(=O)NCC(O)C(=O)O)s1. The molecule has 0 aliphatic carbocycles. The van der Waals surface area contributed by atoms with Gasteiger partial charge >= 0.3 is 5.97 Å². The standard InChI is InChI=1S/C8H11NO5S2/c1-5-2-3-7(15-5)16(13,14)9-4-6(10)8(11)12/h2-3,6,9-10H,4H2,1H3,(H,11,12). The van der Waals surface area contributed by atoms with Gasteiger partial charge in [-0.3, -0.25) is 0 Å². The largest absolute Gasteiger partial charge is 0.479 e. The number of carbonyl (C=O) groups is 1. The Bertz CT molecular complexity index is 478. The first-order valence-corrected chi connectivity index (χ1v) is 6.60. The van der Waals surface area contributed by atoms with Gasteiger partial charge in [-0.25, -0.2) is 17.9 Å². The highest BCUT2D eigenvalue weighted by molar-refractivity contribution is 7.91. The van der Waals surface area contributed by atoms with E-state index in [-0.39, 0.29) is 4.21 Å². The highest BCUT2D eigenvalue weighted by Crippen LogP contribution is 2.20. The third-order valence-corrected chi connectivity index (χ3v) is 4.65. The summed E-state index contributed by atoms with van der Waals surface area (Å²) < 4.78 is 25.3. The van der Waals surface area contributed by atoms with Crippen molar-refractivity contribution in [3.8, 4) is 0 Å². The van der Waals surface area contributed by atoms with E-state index in [0.29, 0.717) is 0 Å². The van der Waals surface area contributed by atoms with Crippen LogP contribution in [-0.4, -0.2) is 37.2 Å². The fourth-order valence-electron chi connectivity index (χ4n) is 0.904. The first-order valence-electron chi connectivity index (χ1n) is 4.30. The van der Waals surface area contributed by atoms with Crippen molar-refractivity contribution in [2.75, 3.05) is 6.54 Å². The maximum absolute atomic E-state index is 11.6. The number of thiophene rings is 1. The van der Waals surface area contributed by atoms with Crippen LogP contribution in [0.25, 0.3) is 0 Å². The fraction of sp³-hybridized carbons (Fsp3) is 0.375. The first-order chi connectivity index (χ1) is 7.33. The molecule has 6 nitrogen and oxygen atoms in total. The summed E-state index contributed by atoms with van der Waals surface area (Å²) in [6, 6.07) is 3.07. The molecule has 0 amide bonds. The molecule has 1 rings (SSSR count). The van der Waals surface area contributed by atoms with E-state index < -0.39 is 28.6 Å². The van der Waals surface area contributed by atoms with Gasteiger partial charge in [-0.05, 0) is 19.1 Å². The number of carboxylic acid groups (broad SMARTS) is 1. The number of carboxylic acids is 1. The minimum absolute atomic E-state index is 0.0996. The first kappa shape index (κ1) is 13.1. The molecule has 0 saturated heterocycles. The number of nitrogens with one attached hydrogen (secondary N) is 1. The van der Waals surface area contributed by atoms with Crippen LogP contribution in [0.2, 0.25) is 0 Å². The Hall–Kier alpha value is -0.960. The average Bonchev–Trinajstić information content (AvgIpc) is 2.61. The lowest BCUT2D eigenvalue weighted by molar-refractivity contribution is -0.146. The van der Waals surface area contributed by atoms with E-state index >= 15 is 0 Å². The van der Waals surface area contributed by atoms with E-state index in [1.165, 1.54) is 6.07 Å². The number of aliphatic hydroxyl groups is 1. The maximum Gasteiger partial charge on any atom is 0.333 e. The predicted octanol–water partition coefficient (Wildman–Crippen LogP) is -0.220. The van der Waals surface area contributed by atoms with Crippen molar-refractivity contribution in [3.05, 3.63) is 17.0 Å². The number of hydrogen-bond acceptors (Lipinski definition) is 5. The number of aryl methyl sites for hydroxylation is 1. The van der Waals surface area contributed by atoms with E-state index in [2.05, 4.69) is 0 Å². The Labute approximate surface area is 96.6 Å². The molecule has 90 valence electrons. The van der Waals surface area contributed by atoms with Gasteiger partial charge in [-0.1, -0.05) is 0 Å². The van der Waals surface area contributed by atoms with Crippen molar-refractivity contribution in [2.24, 2.45) is 0 Å². The van der Waals surface area contributed by atoms with Gasteiger partial charge in [-0.15, -0.1) is 11.3 Å². The third kappa shape index (κ3) is 3.27. The summed E-state index contributed by atoms with van der Waals surface area (Å²) in [5.74, 6) is -1.47. The van der Waals surface area contributed by atoms with Crippen LogP contribution in [0.4, 0.5) is 0 Å². The van der Waals surface area contributed by atoms with Crippen molar-refractivity contribution in [1.82, 2.24) is 4.72 Å². The van der Waals surface area contributed by atoms with Gasteiger partial charge in [0.1, 0.15) is 4.21 Å². The number of hydrogen-bond donors (Lipinski definition) is 3. The lowest BCUT2D eigenvalue weighted by atomic mass is 10.4. The predicted molar refractivity (Wildman–Crippen MR) is 57.9 cm³/mol. The van der Waals surface area contributed by atoms with Crippen LogP contribution in [0, 0.1) is 6.92 Å². The zero-order chi connectivity index (χ0) is 12.3. The van der Waals surface area contributed by atoms with Crippen LogP contribution in [-0.2, 0) is 14.8 Å². The van der Waals surface area contributed by atoms with Crippen LogP contribution >= 0.6 is 11.3 Å². The molecular weight excluding hydrogens is 254 g/mol. The summed E-state index contributed by atoms with van der Waals surface area (Å²) in [6.45, 7) is 1.21. The van der Waals surface area contributed by atoms with Crippen LogP contribution in [0.1, 0.15) is 4.88 Å².